The van der Waals surface area contributed by atoms with E-state index in [0.717, 1.165) is 3.57 Å². The topological polar surface area (TPSA) is 102 Å². The van der Waals surface area contributed by atoms with Crippen LogP contribution in [0, 0.1) is 9.49 Å². The van der Waals surface area contributed by atoms with Gasteiger partial charge in [0.25, 0.3) is 0 Å². The maximum atomic E-state index is 13.2. The SMILES string of the molecule is CC1CC(N2C(=O)C[C@@](C)(c3cccc(I)c3Cl)N=C2NC(=O)O)CCC1O. The molecule has 3 N–H and O–H groups in total. The Morgan fingerprint density at radius 1 is 1.43 bits per heavy atom. The Morgan fingerprint density at radius 3 is 2.79 bits per heavy atom. The van der Waals surface area contributed by atoms with Gasteiger partial charge in [-0.15, -0.1) is 0 Å². The Kier molecular flexibility index (Phi) is 6.21. The van der Waals surface area contributed by atoms with Crippen LogP contribution in [0.4, 0.5) is 4.79 Å². The van der Waals surface area contributed by atoms with E-state index >= 15 is 0 Å². The predicted molar refractivity (Wildman–Crippen MR) is 114 cm³/mol. The van der Waals surface area contributed by atoms with E-state index in [1.807, 2.05) is 25.1 Å². The predicted octanol–water partition coefficient (Wildman–Crippen LogP) is 3.57. The molecule has 0 saturated heterocycles. The molecule has 1 fully saturated rings. The second-order valence-corrected chi connectivity index (χ2v) is 9.23. The van der Waals surface area contributed by atoms with E-state index in [9.17, 15) is 19.8 Å². The van der Waals surface area contributed by atoms with E-state index in [1.165, 1.54) is 4.90 Å². The maximum Gasteiger partial charge on any atom is 0.411 e. The lowest BCUT2D eigenvalue weighted by molar-refractivity contribution is -0.132. The molecule has 152 valence electrons. The van der Waals surface area contributed by atoms with Crippen LogP contribution in [-0.4, -0.2) is 45.2 Å². The number of halogens is 2. The normalized spacial score (nSPS) is 30.8. The molecule has 1 saturated carbocycles. The summed E-state index contributed by atoms with van der Waals surface area (Å²) in [4.78, 5) is 30.7. The average Bonchev–Trinajstić information content (AvgIpc) is 2.59. The van der Waals surface area contributed by atoms with Gasteiger partial charge in [-0.1, -0.05) is 30.7 Å². The van der Waals surface area contributed by atoms with Crippen LogP contribution < -0.4 is 5.32 Å². The third-order valence-electron chi connectivity index (χ3n) is 5.56. The van der Waals surface area contributed by atoms with Crippen molar-refractivity contribution < 1.29 is 19.8 Å². The van der Waals surface area contributed by atoms with Gasteiger partial charge in [0.2, 0.25) is 11.9 Å². The summed E-state index contributed by atoms with van der Waals surface area (Å²) in [7, 11) is 0. The number of carbonyl (C=O) groups excluding carboxylic acids is 1. The lowest BCUT2D eigenvalue weighted by Gasteiger charge is -2.43. The standard InChI is InChI=1S/C19H23ClIN3O4/c1-10-8-11(6-7-14(10)25)24-15(26)9-19(2,23-17(24)22-18(27)28)12-4-3-5-13(21)16(12)20/h3-5,10-11,14,25H,6-9H2,1-2H3,(H,22,23)(H,27,28)/t10?,11?,14?,19-/m0/s1. The average molecular weight is 520 g/mol. The van der Waals surface area contributed by atoms with Crippen molar-refractivity contribution in [3.8, 4) is 0 Å². The van der Waals surface area contributed by atoms with Crippen molar-refractivity contribution in [1.29, 1.82) is 0 Å². The lowest BCUT2D eigenvalue weighted by Crippen LogP contribution is -2.58. The minimum Gasteiger partial charge on any atom is -0.465 e. The van der Waals surface area contributed by atoms with Gasteiger partial charge in [-0.3, -0.25) is 15.0 Å². The van der Waals surface area contributed by atoms with Crippen LogP contribution in [0.1, 0.15) is 45.1 Å². The number of hydrogen-bond acceptors (Lipinski definition) is 4. The van der Waals surface area contributed by atoms with Crippen molar-refractivity contribution in [2.75, 3.05) is 0 Å². The van der Waals surface area contributed by atoms with Crippen molar-refractivity contribution in [2.45, 2.75) is 57.2 Å². The van der Waals surface area contributed by atoms with Gasteiger partial charge in [-0.25, -0.2) is 9.79 Å². The Balaban J connectivity index is 2.02. The Bertz CT molecular complexity index is 833. The molecule has 1 aliphatic carbocycles. The molecule has 4 atom stereocenters. The molecule has 28 heavy (non-hydrogen) atoms. The van der Waals surface area contributed by atoms with Crippen molar-refractivity contribution in [2.24, 2.45) is 10.9 Å². The summed E-state index contributed by atoms with van der Waals surface area (Å²) in [6, 6.07) is 5.32. The first-order chi connectivity index (χ1) is 13.1. The highest BCUT2D eigenvalue weighted by molar-refractivity contribution is 14.1. The highest BCUT2D eigenvalue weighted by atomic mass is 127. The van der Waals surface area contributed by atoms with Gasteiger partial charge in [0.15, 0.2) is 0 Å². The van der Waals surface area contributed by atoms with Gasteiger partial charge in [0, 0.05) is 9.61 Å². The van der Waals surface area contributed by atoms with Crippen LogP contribution in [0.3, 0.4) is 0 Å². The summed E-state index contributed by atoms with van der Waals surface area (Å²) >= 11 is 8.59. The van der Waals surface area contributed by atoms with E-state index in [1.54, 1.807) is 6.92 Å². The molecule has 0 bridgehead atoms. The quantitative estimate of drug-likeness (QED) is 0.520. The Morgan fingerprint density at radius 2 is 2.14 bits per heavy atom. The van der Waals surface area contributed by atoms with E-state index in [4.69, 9.17) is 11.6 Å². The number of nitrogens with one attached hydrogen (secondary N) is 1. The maximum absolute atomic E-state index is 13.2. The Labute approximate surface area is 182 Å². The molecule has 7 nitrogen and oxygen atoms in total. The molecule has 0 spiro atoms. The molecule has 1 aliphatic heterocycles. The number of guanidine groups is 1. The first-order valence-corrected chi connectivity index (χ1v) is 10.6. The number of rotatable bonds is 2. The molecule has 2 amide bonds. The molecule has 1 aromatic rings. The number of benzene rings is 1. The van der Waals surface area contributed by atoms with Gasteiger partial charge < -0.3 is 10.2 Å². The summed E-state index contributed by atoms with van der Waals surface area (Å²) in [6.45, 7) is 3.72. The van der Waals surface area contributed by atoms with Crippen LogP contribution in [-0.2, 0) is 10.3 Å². The number of aliphatic hydroxyl groups is 1. The van der Waals surface area contributed by atoms with Crippen molar-refractivity contribution in [3.63, 3.8) is 0 Å². The smallest absolute Gasteiger partial charge is 0.411 e. The van der Waals surface area contributed by atoms with E-state index in [0.29, 0.717) is 29.8 Å². The number of hydrogen-bond donors (Lipinski definition) is 3. The lowest BCUT2D eigenvalue weighted by atomic mass is 9.82. The molecule has 0 radical (unpaired) electrons. The molecule has 1 heterocycles. The van der Waals surface area contributed by atoms with Crippen LogP contribution in [0.25, 0.3) is 0 Å². The molecule has 3 unspecified atom stereocenters. The third-order valence-corrected chi connectivity index (χ3v) is 7.18. The second-order valence-electron chi connectivity index (χ2n) is 7.69. The highest BCUT2D eigenvalue weighted by Crippen LogP contribution is 2.40. The third kappa shape index (κ3) is 4.13. The fourth-order valence-electron chi connectivity index (χ4n) is 4.05. The summed E-state index contributed by atoms with van der Waals surface area (Å²) in [6.07, 6.45) is 0.158. The molecule has 1 aromatic carbocycles. The zero-order chi connectivity index (χ0) is 20.6. The van der Waals surface area contributed by atoms with Crippen LogP contribution >= 0.6 is 34.2 Å². The number of nitrogens with zero attached hydrogens (tertiary/aromatic N) is 2. The number of carbonyl (C=O) groups is 2. The first-order valence-electron chi connectivity index (χ1n) is 9.17. The summed E-state index contributed by atoms with van der Waals surface area (Å²) in [5.41, 5.74) is -0.283. The van der Waals surface area contributed by atoms with E-state index < -0.39 is 17.7 Å². The van der Waals surface area contributed by atoms with Crippen molar-refractivity contribution in [3.05, 3.63) is 32.4 Å². The first kappa shape index (κ1) is 21.3. The van der Waals surface area contributed by atoms with Gasteiger partial charge >= 0.3 is 6.09 Å². The summed E-state index contributed by atoms with van der Waals surface area (Å²) in [5.74, 6) is -0.157. The number of aliphatic imine (C=N–C) groups is 1. The minimum atomic E-state index is -1.28. The van der Waals surface area contributed by atoms with E-state index in [2.05, 4.69) is 32.9 Å². The number of aliphatic hydroxyl groups excluding tert-OH is 1. The minimum absolute atomic E-state index is 0.0229. The van der Waals surface area contributed by atoms with Crippen LogP contribution in [0.5, 0.6) is 0 Å². The summed E-state index contributed by atoms with van der Waals surface area (Å²) in [5, 5.41) is 22.1. The van der Waals surface area contributed by atoms with Crippen LogP contribution in [0.15, 0.2) is 23.2 Å². The zero-order valence-corrected chi connectivity index (χ0v) is 18.6. The van der Waals surface area contributed by atoms with Gasteiger partial charge in [0.1, 0.15) is 0 Å². The summed E-state index contributed by atoms with van der Waals surface area (Å²) < 4.78 is 0.839. The van der Waals surface area contributed by atoms with Crippen LogP contribution in [0.2, 0.25) is 5.02 Å². The Hall–Kier alpha value is -1.39. The number of carboxylic acid groups (broad SMARTS) is 1. The van der Waals surface area contributed by atoms with E-state index in [-0.39, 0.29) is 30.2 Å². The molecular weight excluding hydrogens is 497 g/mol. The van der Waals surface area contributed by atoms with Crippen molar-refractivity contribution >= 4 is 52.2 Å². The monoisotopic (exact) mass is 519 g/mol. The van der Waals surface area contributed by atoms with Crippen molar-refractivity contribution in [1.82, 2.24) is 10.2 Å². The number of amides is 2. The zero-order valence-electron chi connectivity index (χ0n) is 15.7. The van der Waals surface area contributed by atoms with Gasteiger partial charge in [0.05, 0.1) is 23.1 Å². The second kappa shape index (κ2) is 8.16. The molecule has 3 rings (SSSR count). The van der Waals surface area contributed by atoms with Gasteiger partial charge in [-0.2, -0.15) is 0 Å². The molecular formula is C19H23ClIN3O4. The fourth-order valence-corrected chi connectivity index (χ4v) is 4.87. The largest absolute Gasteiger partial charge is 0.465 e. The molecule has 2 aliphatic rings. The van der Waals surface area contributed by atoms with Gasteiger partial charge in [-0.05, 0) is 66.3 Å². The fraction of sp³-hybridized carbons (Fsp3) is 0.526. The highest BCUT2D eigenvalue weighted by Gasteiger charge is 2.44. The molecule has 9 heteroatoms. The molecule has 0 aromatic heterocycles.